The average Bonchev–Trinajstić information content (AvgIpc) is 1.89. The van der Waals surface area contributed by atoms with Gasteiger partial charge in [0.25, 0.3) is 0 Å². The van der Waals surface area contributed by atoms with Crippen LogP contribution in [0.2, 0.25) is 0 Å². The van der Waals surface area contributed by atoms with Gasteiger partial charge in [0.1, 0.15) is 0 Å². The highest BCUT2D eigenvalue weighted by molar-refractivity contribution is 14.1. The number of hydrogen-bond acceptors (Lipinski definition) is 1. The van der Waals surface area contributed by atoms with Crippen LogP contribution in [0.3, 0.4) is 0 Å². The second-order valence-corrected chi connectivity index (χ2v) is 4.21. The number of hydrogen-bond donors (Lipinski definition) is 1. The summed E-state index contributed by atoms with van der Waals surface area (Å²) in [5.74, 6) is 0. The van der Waals surface area contributed by atoms with E-state index in [0.29, 0.717) is 5.41 Å². The summed E-state index contributed by atoms with van der Waals surface area (Å²) in [6.45, 7) is 5.76. The first-order chi connectivity index (χ1) is 4.68. The summed E-state index contributed by atoms with van der Waals surface area (Å²) in [6, 6.07) is 0. The molecule has 0 aliphatic heterocycles. The van der Waals surface area contributed by atoms with Gasteiger partial charge in [0.05, 0.1) is 0 Å². The maximum Gasteiger partial charge on any atom is 0.000232 e. The van der Waals surface area contributed by atoms with Gasteiger partial charge in [-0.15, -0.1) is 0 Å². The summed E-state index contributed by atoms with van der Waals surface area (Å²) in [4.78, 5) is 0. The topological polar surface area (TPSA) is 12.0 Å². The van der Waals surface area contributed by atoms with Crippen LogP contribution in [0.25, 0.3) is 0 Å². The fourth-order valence-corrected chi connectivity index (χ4v) is 2.35. The zero-order chi connectivity index (χ0) is 8.04. The van der Waals surface area contributed by atoms with Crippen molar-refractivity contribution >= 4 is 22.6 Å². The van der Waals surface area contributed by atoms with Crippen molar-refractivity contribution in [2.45, 2.75) is 26.7 Å². The lowest BCUT2D eigenvalue weighted by Gasteiger charge is -2.26. The van der Waals surface area contributed by atoms with E-state index in [9.17, 15) is 0 Å². The summed E-state index contributed by atoms with van der Waals surface area (Å²) in [5.41, 5.74) is 0.524. The largest absolute Gasteiger partial charge is 0.319 e. The van der Waals surface area contributed by atoms with E-state index >= 15 is 0 Å². The second-order valence-electron chi connectivity index (χ2n) is 3.13. The predicted molar refractivity (Wildman–Crippen MR) is 55.8 cm³/mol. The smallest absolute Gasteiger partial charge is 0.000232 e. The molecule has 1 nitrogen and oxygen atoms in total. The summed E-state index contributed by atoms with van der Waals surface area (Å²) >= 11 is 2.45. The van der Waals surface area contributed by atoms with Gasteiger partial charge in [-0.2, -0.15) is 0 Å². The molecular formula is C8H18IN. The van der Waals surface area contributed by atoms with Gasteiger partial charge in [0.15, 0.2) is 0 Å². The van der Waals surface area contributed by atoms with Crippen LogP contribution < -0.4 is 5.32 Å². The molecule has 10 heavy (non-hydrogen) atoms. The van der Waals surface area contributed by atoms with Crippen LogP contribution in [-0.4, -0.2) is 18.0 Å². The third-order valence-electron chi connectivity index (χ3n) is 2.16. The molecule has 0 saturated carbocycles. The monoisotopic (exact) mass is 255 g/mol. The van der Waals surface area contributed by atoms with Crippen molar-refractivity contribution in [2.24, 2.45) is 5.41 Å². The second kappa shape index (κ2) is 5.35. The summed E-state index contributed by atoms with van der Waals surface area (Å²) in [7, 11) is 2.03. The van der Waals surface area contributed by atoms with Crippen LogP contribution >= 0.6 is 22.6 Å². The Hall–Kier alpha value is 0.690. The molecule has 0 rings (SSSR count). The number of nitrogens with one attached hydrogen (secondary N) is 1. The van der Waals surface area contributed by atoms with E-state index in [0.717, 1.165) is 6.54 Å². The lowest BCUT2D eigenvalue weighted by Crippen LogP contribution is -2.29. The predicted octanol–water partition coefficient (Wildman–Crippen LogP) is 2.45. The van der Waals surface area contributed by atoms with E-state index in [-0.39, 0.29) is 0 Å². The maximum absolute atomic E-state index is 3.24. The van der Waals surface area contributed by atoms with Gasteiger partial charge >= 0.3 is 0 Å². The minimum Gasteiger partial charge on any atom is -0.319 e. The van der Waals surface area contributed by atoms with Gasteiger partial charge in [0, 0.05) is 11.0 Å². The molecule has 0 aliphatic rings. The van der Waals surface area contributed by atoms with Crippen LogP contribution in [0, 0.1) is 5.41 Å². The molecule has 1 unspecified atom stereocenters. The molecule has 0 aromatic heterocycles. The van der Waals surface area contributed by atoms with Crippen molar-refractivity contribution in [3.63, 3.8) is 0 Å². The first kappa shape index (κ1) is 10.7. The molecular weight excluding hydrogens is 237 g/mol. The minimum atomic E-state index is 0.524. The Balaban J connectivity index is 3.69. The highest BCUT2D eigenvalue weighted by Crippen LogP contribution is 2.25. The van der Waals surface area contributed by atoms with E-state index in [1.165, 1.54) is 17.3 Å². The number of alkyl halides is 1. The molecule has 0 amide bonds. The van der Waals surface area contributed by atoms with Gasteiger partial charge in [-0.1, -0.05) is 36.4 Å². The van der Waals surface area contributed by atoms with Crippen molar-refractivity contribution in [3.8, 4) is 0 Å². The first-order valence-electron chi connectivity index (χ1n) is 3.89. The zero-order valence-electron chi connectivity index (χ0n) is 7.21. The Bertz CT molecular complexity index is 77.3. The van der Waals surface area contributed by atoms with E-state index in [1.807, 2.05) is 7.05 Å². The molecule has 2 heteroatoms. The Morgan fingerprint density at radius 3 is 2.40 bits per heavy atom. The molecule has 0 heterocycles. The molecule has 0 aromatic carbocycles. The van der Waals surface area contributed by atoms with Crippen molar-refractivity contribution < 1.29 is 0 Å². The Morgan fingerprint density at radius 2 is 2.10 bits per heavy atom. The fraction of sp³-hybridized carbons (Fsp3) is 1.00. The van der Waals surface area contributed by atoms with Crippen LogP contribution in [0.1, 0.15) is 26.7 Å². The van der Waals surface area contributed by atoms with Crippen LogP contribution in [0.5, 0.6) is 0 Å². The highest BCUT2D eigenvalue weighted by Gasteiger charge is 2.19. The standard InChI is InChI=1S/C8H18IN/c1-4-8(2,5-6-9)7-10-3/h10H,4-7H2,1-3H3. The van der Waals surface area contributed by atoms with Crippen molar-refractivity contribution in [1.29, 1.82) is 0 Å². The Labute approximate surface area is 78.1 Å². The summed E-state index contributed by atoms with van der Waals surface area (Å²) in [5, 5.41) is 3.24. The SMILES string of the molecule is CCC(C)(CCI)CNC. The van der Waals surface area contributed by atoms with E-state index < -0.39 is 0 Å². The molecule has 0 saturated heterocycles. The van der Waals surface area contributed by atoms with Crippen molar-refractivity contribution in [3.05, 3.63) is 0 Å². The van der Waals surface area contributed by atoms with Crippen molar-refractivity contribution in [2.75, 3.05) is 18.0 Å². The fourth-order valence-electron chi connectivity index (χ4n) is 1.05. The quantitative estimate of drug-likeness (QED) is 0.587. The van der Waals surface area contributed by atoms with Crippen LogP contribution in [0.4, 0.5) is 0 Å². The maximum atomic E-state index is 3.24. The molecule has 0 fully saturated rings. The Kier molecular flexibility index (Phi) is 5.72. The van der Waals surface area contributed by atoms with Gasteiger partial charge in [-0.3, -0.25) is 0 Å². The van der Waals surface area contributed by atoms with Gasteiger partial charge < -0.3 is 5.32 Å². The van der Waals surface area contributed by atoms with Crippen LogP contribution in [-0.2, 0) is 0 Å². The third kappa shape index (κ3) is 3.76. The Morgan fingerprint density at radius 1 is 1.50 bits per heavy atom. The molecule has 0 spiro atoms. The van der Waals surface area contributed by atoms with Crippen LogP contribution in [0.15, 0.2) is 0 Å². The van der Waals surface area contributed by atoms with Crippen molar-refractivity contribution in [1.82, 2.24) is 5.32 Å². The molecule has 62 valence electrons. The summed E-state index contributed by atoms with van der Waals surface area (Å²) < 4.78 is 1.27. The molecule has 0 aromatic rings. The molecule has 1 atom stereocenters. The molecule has 0 bridgehead atoms. The molecule has 1 N–H and O–H groups in total. The lowest BCUT2D eigenvalue weighted by atomic mass is 9.85. The van der Waals surface area contributed by atoms with E-state index in [1.54, 1.807) is 0 Å². The zero-order valence-corrected chi connectivity index (χ0v) is 9.36. The molecule has 0 radical (unpaired) electrons. The molecule has 0 aliphatic carbocycles. The summed E-state index contributed by atoms with van der Waals surface area (Å²) in [6.07, 6.45) is 2.60. The van der Waals surface area contributed by atoms with E-state index in [2.05, 4.69) is 41.8 Å². The van der Waals surface area contributed by atoms with Gasteiger partial charge in [-0.05, 0) is 25.3 Å². The van der Waals surface area contributed by atoms with Gasteiger partial charge in [0.2, 0.25) is 0 Å². The first-order valence-corrected chi connectivity index (χ1v) is 5.41. The van der Waals surface area contributed by atoms with Gasteiger partial charge in [-0.25, -0.2) is 0 Å². The lowest BCUT2D eigenvalue weighted by molar-refractivity contribution is 0.294. The third-order valence-corrected chi connectivity index (χ3v) is 2.69. The average molecular weight is 255 g/mol. The number of halogens is 1. The minimum absolute atomic E-state index is 0.524. The normalized spacial score (nSPS) is 16.8. The number of rotatable bonds is 5. The van der Waals surface area contributed by atoms with E-state index in [4.69, 9.17) is 0 Å². The highest BCUT2D eigenvalue weighted by atomic mass is 127.